The first-order valence-corrected chi connectivity index (χ1v) is 6.91. The molecular formula is C14H20Cl2O. The lowest BCUT2D eigenvalue weighted by Gasteiger charge is -2.17. The van der Waals surface area contributed by atoms with E-state index in [9.17, 15) is 5.11 Å². The smallest absolute Gasteiger partial charge is 0.0584 e. The van der Waals surface area contributed by atoms with E-state index in [2.05, 4.69) is 13.8 Å². The molecule has 96 valence electrons. The molecule has 0 heterocycles. The summed E-state index contributed by atoms with van der Waals surface area (Å²) in [6.45, 7) is 4.33. The summed E-state index contributed by atoms with van der Waals surface area (Å²) in [7, 11) is 0. The second kappa shape index (κ2) is 7.25. The van der Waals surface area contributed by atoms with Crippen molar-refractivity contribution in [3.05, 3.63) is 33.8 Å². The Hall–Kier alpha value is -0.240. The van der Waals surface area contributed by atoms with Crippen molar-refractivity contribution >= 4 is 23.2 Å². The van der Waals surface area contributed by atoms with Gasteiger partial charge in [-0.05, 0) is 30.0 Å². The van der Waals surface area contributed by atoms with E-state index >= 15 is 0 Å². The molecule has 0 bridgehead atoms. The molecule has 0 saturated heterocycles. The molecule has 0 amide bonds. The monoisotopic (exact) mass is 274 g/mol. The fourth-order valence-corrected chi connectivity index (χ4v) is 2.67. The highest BCUT2D eigenvalue weighted by Crippen LogP contribution is 2.27. The summed E-state index contributed by atoms with van der Waals surface area (Å²) in [5.41, 5.74) is 0.854. The van der Waals surface area contributed by atoms with Crippen molar-refractivity contribution in [3.63, 3.8) is 0 Å². The quantitative estimate of drug-likeness (QED) is 0.796. The van der Waals surface area contributed by atoms with Gasteiger partial charge in [-0.2, -0.15) is 0 Å². The molecule has 1 N–H and O–H groups in total. The number of benzene rings is 1. The maximum Gasteiger partial charge on any atom is 0.0584 e. The Balaban J connectivity index is 2.59. The summed E-state index contributed by atoms with van der Waals surface area (Å²) in [4.78, 5) is 0. The van der Waals surface area contributed by atoms with Gasteiger partial charge in [-0.25, -0.2) is 0 Å². The number of rotatable bonds is 6. The minimum atomic E-state index is -0.367. The molecule has 0 spiro atoms. The minimum absolute atomic E-state index is 0.367. The van der Waals surface area contributed by atoms with Crippen LogP contribution in [0.5, 0.6) is 0 Å². The highest BCUT2D eigenvalue weighted by Gasteiger charge is 2.14. The highest BCUT2D eigenvalue weighted by atomic mass is 35.5. The fraction of sp³-hybridized carbons (Fsp3) is 0.571. The lowest BCUT2D eigenvalue weighted by Crippen LogP contribution is -2.15. The van der Waals surface area contributed by atoms with Crippen LogP contribution in [-0.4, -0.2) is 11.2 Å². The van der Waals surface area contributed by atoms with Gasteiger partial charge in [0.05, 0.1) is 6.10 Å². The van der Waals surface area contributed by atoms with Crippen LogP contribution >= 0.6 is 23.2 Å². The summed E-state index contributed by atoms with van der Waals surface area (Å²) >= 11 is 12.2. The second-order valence-electron chi connectivity index (χ2n) is 4.69. The molecule has 1 aromatic carbocycles. The Morgan fingerprint density at radius 2 is 1.82 bits per heavy atom. The van der Waals surface area contributed by atoms with E-state index in [-0.39, 0.29) is 6.10 Å². The van der Waals surface area contributed by atoms with Crippen LogP contribution in [0.2, 0.25) is 10.0 Å². The molecule has 0 radical (unpaired) electrons. The van der Waals surface area contributed by atoms with Gasteiger partial charge in [-0.1, -0.05) is 56.0 Å². The van der Waals surface area contributed by atoms with Gasteiger partial charge in [0.2, 0.25) is 0 Å². The van der Waals surface area contributed by atoms with Gasteiger partial charge in [0.1, 0.15) is 0 Å². The van der Waals surface area contributed by atoms with Crippen LogP contribution < -0.4 is 0 Å². The molecule has 0 saturated carbocycles. The molecule has 17 heavy (non-hydrogen) atoms. The first kappa shape index (κ1) is 14.8. The minimum Gasteiger partial charge on any atom is -0.393 e. The number of aliphatic hydroxyl groups is 1. The molecule has 1 rings (SSSR count). The van der Waals surface area contributed by atoms with Crippen LogP contribution in [0.1, 0.15) is 38.7 Å². The van der Waals surface area contributed by atoms with Crippen LogP contribution in [0, 0.1) is 5.92 Å². The lowest BCUT2D eigenvalue weighted by atomic mass is 9.95. The highest BCUT2D eigenvalue weighted by molar-refractivity contribution is 6.35. The molecule has 2 atom stereocenters. The van der Waals surface area contributed by atoms with Gasteiger partial charge in [-0.15, -0.1) is 0 Å². The molecule has 0 aromatic heterocycles. The predicted molar refractivity (Wildman–Crippen MR) is 74.9 cm³/mol. The van der Waals surface area contributed by atoms with Gasteiger partial charge in [0.25, 0.3) is 0 Å². The van der Waals surface area contributed by atoms with Crippen molar-refractivity contribution in [2.45, 2.75) is 45.6 Å². The Bertz CT molecular complexity index is 332. The molecule has 0 aliphatic heterocycles. The summed E-state index contributed by atoms with van der Waals surface area (Å²) in [5, 5.41) is 11.3. The van der Waals surface area contributed by atoms with Crippen LogP contribution in [0.25, 0.3) is 0 Å². The maximum atomic E-state index is 10.0. The van der Waals surface area contributed by atoms with E-state index in [4.69, 9.17) is 23.2 Å². The zero-order valence-corrected chi connectivity index (χ0v) is 11.9. The van der Waals surface area contributed by atoms with E-state index in [1.807, 2.05) is 18.2 Å². The zero-order valence-electron chi connectivity index (χ0n) is 10.4. The topological polar surface area (TPSA) is 20.2 Å². The van der Waals surface area contributed by atoms with Crippen molar-refractivity contribution in [3.8, 4) is 0 Å². The molecular weight excluding hydrogens is 255 g/mol. The average Bonchev–Trinajstić information content (AvgIpc) is 2.24. The molecule has 1 nitrogen and oxygen atoms in total. The standard InChI is InChI=1S/C14H20Cl2O/c1-3-5-10(2)8-11(17)9-12-13(15)6-4-7-14(12)16/h4,6-7,10-11,17H,3,5,8-9H2,1-2H3. The van der Waals surface area contributed by atoms with Crippen molar-refractivity contribution < 1.29 is 5.11 Å². The number of halogens is 2. The summed E-state index contributed by atoms with van der Waals surface area (Å²) in [6, 6.07) is 5.44. The zero-order chi connectivity index (χ0) is 12.8. The van der Waals surface area contributed by atoms with Crippen molar-refractivity contribution in [2.75, 3.05) is 0 Å². The number of aliphatic hydroxyl groups excluding tert-OH is 1. The third-order valence-corrected chi connectivity index (χ3v) is 3.67. The first-order chi connectivity index (χ1) is 8.04. The Morgan fingerprint density at radius 1 is 1.24 bits per heavy atom. The summed E-state index contributed by atoms with van der Waals surface area (Å²) in [6.07, 6.45) is 3.27. The predicted octanol–water partition coefficient (Wildman–Crippen LogP) is 4.72. The van der Waals surface area contributed by atoms with Crippen molar-refractivity contribution in [1.82, 2.24) is 0 Å². The van der Waals surface area contributed by atoms with E-state index in [0.717, 1.165) is 24.8 Å². The Morgan fingerprint density at radius 3 is 2.35 bits per heavy atom. The van der Waals surface area contributed by atoms with Gasteiger partial charge in [-0.3, -0.25) is 0 Å². The Labute approximate surface area is 114 Å². The van der Waals surface area contributed by atoms with Crippen molar-refractivity contribution in [1.29, 1.82) is 0 Å². The molecule has 0 fully saturated rings. The maximum absolute atomic E-state index is 10.0. The van der Waals surface area contributed by atoms with Gasteiger partial charge >= 0.3 is 0 Å². The van der Waals surface area contributed by atoms with E-state index < -0.39 is 0 Å². The summed E-state index contributed by atoms with van der Waals surface area (Å²) in [5.74, 6) is 0.538. The largest absolute Gasteiger partial charge is 0.393 e. The van der Waals surface area contributed by atoms with Crippen LogP contribution in [0.4, 0.5) is 0 Å². The lowest BCUT2D eigenvalue weighted by molar-refractivity contribution is 0.143. The SMILES string of the molecule is CCCC(C)CC(O)Cc1c(Cl)cccc1Cl. The van der Waals surface area contributed by atoms with E-state index in [0.29, 0.717) is 22.4 Å². The molecule has 3 heteroatoms. The summed E-state index contributed by atoms with van der Waals surface area (Å²) < 4.78 is 0. The van der Waals surface area contributed by atoms with Crippen molar-refractivity contribution in [2.24, 2.45) is 5.92 Å². The van der Waals surface area contributed by atoms with Crippen LogP contribution in [0.3, 0.4) is 0 Å². The van der Waals surface area contributed by atoms with Gasteiger partial charge < -0.3 is 5.11 Å². The molecule has 2 unspecified atom stereocenters. The van der Waals surface area contributed by atoms with Crippen LogP contribution in [-0.2, 0) is 6.42 Å². The molecule has 0 aliphatic rings. The third-order valence-electron chi connectivity index (χ3n) is 2.96. The van der Waals surface area contributed by atoms with E-state index in [1.165, 1.54) is 0 Å². The van der Waals surface area contributed by atoms with Crippen LogP contribution in [0.15, 0.2) is 18.2 Å². The fourth-order valence-electron chi connectivity index (χ4n) is 2.12. The van der Waals surface area contributed by atoms with Gasteiger partial charge in [0.15, 0.2) is 0 Å². The second-order valence-corrected chi connectivity index (χ2v) is 5.50. The number of hydrogen-bond donors (Lipinski definition) is 1. The molecule has 1 aromatic rings. The normalized spacial score (nSPS) is 14.6. The third kappa shape index (κ3) is 4.87. The number of hydrogen-bond acceptors (Lipinski definition) is 1. The molecule has 0 aliphatic carbocycles. The average molecular weight is 275 g/mol. The van der Waals surface area contributed by atoms with E-state index in [1.54, 1.807) is 0 Å². The Kier molecular flexibility index (Phi) is 6.32. The van der Waals surface area contributed by atoms with Gasteiger partial charge in [0, 0.05) is 16.5 Å². The first-order valence-electron chi connectivity index (χ1n) is 6.15.